The van der Waals surface area contributed by atoms with Gasteiger partial charge in [0, 0.05) is 5.41 Å². The van der Waals surface area contributed by atoms with Crippen LogP contribution < -0.4 is 0 Å². The summed E-state index contributed by atoms with van der Waals surface area (Å²) in [5, 5.41) is 1.24. The average Bonchev–Trinajstić information content (AvgIpc) is 2.39. The van der Waals surface area contributed by atoms with Crippen molar-refractivity contribution >= 4 is 15.9 Å². The molecule has 0 fully saturated rings. The van der Waals surface area contributed by atoms with Crippen molar-refractivity contribution in [3.63, 3.8) is 0 Å². The lowest BCUT2D eigenvalue weighted by Gasteiger charge is -1.98. The van der Waals surface area contributed by atoms with Crippen LogP contribution in [0.3, 0.4) is 0 Å². The highest BCUT2D eigenvalue weighted by molar-refractivity contribution is 7.94. The summed E-state index contributed by atoms with van der Waals surface area (Å²) < 4.78 is 24.0. The molecule has 0 aromatic heterocycles. The van der Waals surface area contributed by atoms with Crippen molar-refractivity contribution in [2.75, 3.05) is 0 Å². The van der Waals surface area contributed by atoms with E-state index in [0.29, 0.717) is 4.90 Å². The van der Waals surface area contributed by atoms with E-state index < -0.39 is 9.84 Å². The van der Waals surface area contributed by atoms with Gasteiger partial charge >= 0.3 is 0 Å². The predicted molar refractivity (Wildman–Crippen MR) is 73.8 cm³/mol. The van der Waals surface area contributed by atoms with Crippen LogP contribution in [-0.2, 0) is 9.84 Å². The summed E-state index contributed by atoms with van der Waals surface area (Å²) in [5.74, 6) is 0. The molecule has 2 rings (SSSR count). The fourth-order valence-corrected chi connectivity index (χ4v) is 2.56. The van der Waals surface area contributed by atoms with E-state index in [9.17, 15) is 8.42 Å². The molecule has 0 bridgehead atoms. The van der Waals surface area contributed by atoms with Gasteiger partial charge in [0.25, 0.3) is 0 Å². The predicted octanol–water partition coefficient (Wildman–Crippen LogP) is 3.44. The highest BCUT2D eigenvalue weighted by Gasteiger charge is 2.08. The third-order valence-electron chi connectivity index (χ3n) is 2.59. The number of hydrogen-bond donors (Lipinski definition) is 0. The van der Waals surface area contributed by atoms with Gasteiger partial charge in [0.15, 0.2) is 9.84 Å². The van der Waals surface area contributed by atoms with Gasteiger partial charge in [-0.05, 0) is 30.7 Å². The first-order valence-corrected chi connectivity index (χ1v) is 7.17. The lowest BCUT2D eigenvalue weighted by atomic mass is 10.2. The SMILES string of the molecule is Cc1ccc(/C=C\S(=O)(=O)c2ccccc2)cc1. The minimum Gasteiger partial charge on any atom is -0.219 e. The van der Waals surface area contributed by atoms with Crippen LogP contribution in [0, 0.1) is 6.92 Å². The molecule has 0 unspecified atom stereocenters. The van der Waals surface area contributed by atoms with E-state index in [4.69, 9.17) is 0 Å². The van der Waals surface area contributed by atoms with Gasteiger partial charge in [-0.25, -0.2) is 8.42 Å². The number of rotatable bonds is 3. The Labute approximate surface area is 108 Å². The van der Waals surface area contributed by atoms with Crippen molar-refractivity contribution in [3.05, 3.63) is 71.1 Å². The highest BCUT2D eigenvalue weighted by atomic mass is 32.2. The molecule has 18 heavy (non-hydrogen) atoms. The molecule has 2 nitrogen and oxygen atoms in total. The Morgan fingerprint density at radius 3 is 2.11 bits per heavy atom. The molecular weight excluding hydrogens is 244 g/mol. The third-order valence-corrected chi connectivity index (χ3v) is 4.01. The van der Waals surface area contributed by atoms with Crippen molar-refractivity contribution in [3.8, 4) is 0 Å². The van der Waals surface area contributed by atoms with E-state index in [1.165, 1.54) is 5.41 Å². The second kappa shape index (κ2) is 5.19. The van der Waals surface area contributed by atoms with E-state index in [-0.39, 0.29) is 0 Å². The molecule has 0 saturated heterocycles. The summed E-state index contributed by atoms with van der Waals surface area (Å²) in [7, 11) is -3.35. The van der Waals surface area contributed by atoms with Gasteiger partial charge in [-0.1, -0.05) is 48.0 Å². The maximum atomic E-state index is 12.0. The summed E-state index contributed by atoms with van der Waals surface area (Å²) in [6, 6.07) is 16.1. The first kappa shape index (κ1) is 12.6. The topological polar surface area (TPSA) is 34.1 Å². The molecule has 92 valence electrons. The maximum Gasteiger partial charge on any atom is 0.199 e. The van der Waals surface area contributed by atoms with Crippen LogP contribution in [0.1, 0.15) is 11.1 Å². The lowest BCUT2D eigenvalue weighted by molar-refractivity contribution is 0.605. The smallest absolute Gasteiger partial charge is 0.199 e. The van der Waals surface area contributed by atoms with Gasteiger partial charge in [0.1, 0.15) is 0 Å². The van der Waals surface area contributed by atoms with Crippen molar-refractivity contribution in [2.45, 2.75) is 11.8 Å². The molecule has 0 spiro atoms. The minimum atomic E-state index is -3.35. The van der Waals surface area contributed by atoms with E-state index in [1.54, 1.807) is 36.4 Å². The first-order valence-electron chi connectivity index (χ1n) is 5.63. The van der Waals surface area contributed by atoms with Gasteiger partial charge in [0.2, 0.25) is 0 Å². The molecule has 0 N–H and O–H groups in total. The molecule has 0 saturated carbocycles. The second-order valence-corrected chi connectivity index (χ2v) is 5.91. The first-order chi connectivity index (χ1) is 8.58. The molecule has 0 aliphatic carbocycles. The summed E-state index contributed by atoms with van der Waals surface area (Å²) in [4.78, 5) is 0.313. The van der Waals surface area contributed by atoms with Crippen LogP contribution in [0.15, 0.2) is 64.9 Å². The van der Waals surface area contributed by atoms with Crippen molar-refractivity contribution in [2.24, 2.45) is 0 Å². The molecule has 2 aromatic carbocycles. The van der Waals surface area contributed by atoms with E-state index in [0.717, 1.165) is 11.1 Å². The summed E-state index contributed by atoms with van der Waals surface area (Å²) in [6.07, 6.45) is 1.61. The van der Waals surface area contributed by atoms with Gasteiger partial charge in [-0.15, -0.1) is 0 Å². The standard InChI is InChI=1S/C15H14O2S/c1-13-7-9-14(10-8-13)11-12-18(16,17)15-5-3-2-4-6-15/h2-12H,1H3/b12-11-. The van der Waals surface area contributed by atoms with Gasteiger partial charge in [-0.2, -0.15) is 0 Å². The second-order valence-electron chi connectivity index (χ2n) is 4.07. The minimum absolute atomic E-state index is 0.313. The molecular formula is C15H14O2S. The van der Waals surface area contributed by atoms with E-state index in [1.807, 2.05) is 31.2 Å². The molecule has 0 atom stereocenters. The van der Waals surface area contributed by atoms with Crippen molar-refractivity contribution in [1.82, 2.24) is 0 Å². The Hall–Kier alpha value is -1.87. The Morgan fingerprint density at radius 1 is 0.889 bits per heavy atom. The van der Waals surface area contributed by atoms with Crippen LogP contribution in [-0.4, -0.2) is 8.42 Å². The third kappa shape index (κ3) is 3.08. The van der Waals surface area contributed by atoms with Crippen LogP contribution in [0.4, 0.5) is 0 Å². The van der Waals surface area contributed by atoms with E-state index in [2.05, 4.69) is 0 Å². The fraction of sp³-hybridized carbons (Fsp3) is 0.0667. The molecule has 0 radical (unpaired) electrons. The maximum absolute atomic E-state index is 12.0. The van der Waals surface area contributed by atoms with Crippen LogP contribution in [0.5, 0.6) is 0 Å². The van der Waals surface area contributed by atoms with Crippen molar-refractivity contribution < 1.29 is 8.42 Å². The Bertz CT molecular complexity index is 639. The van der Waals surface area contributed by atoms with Crippen LogP contribution >= 0.6 is 0 Å². The fourth-order valence-electron chi connectivity index (χ4n) is 1.53. The van der Waals surface area contributed by atoms with Gasteiger partial charge in [-0.3, -0.25) is 0 Å². The van der Waals surface area contributed by atoms with Crippen LogP contribution in [0.2, 0.25) is 0 Å². The summed E-state index contributed by atoms with van der Waals surface area (Å²) >= 11 is 0. The zero-order valence-corrected chi connectivity index (χ0v) is 10.9. The summed E-state index contributed by atoms with van der Waals surface area (Å²) in [5.41, 5.74) is 2.03. The zero-order chi connectivity index (χ0) is 13.0. The number of hydrogen-bond acceptors (Lipinski definition) is 2. The normalized spacial score (nSPS) is 11.8. The largest absolute Gasteiger partial charge is 0.219 e. The number of aryl methyl sites for hydroxylation is 1. The van der Waals surface area contributed by atoms with Gasteiger partial charge < -0.3 is 0 Å². The highest BCUT2D eigenvalue weighted by Crippen LogP contribution is 2.13. The van der Waals surface area contributed by atoms with Gasteiger partial charge in [0.05, 0.1) is 4.90 Å². The molecule has 0 heterocycles. The Balaban J connectivity index is 2.26. The Morgan fingerprint density at radius 2 is 1.50 bits per heavy atom. The molecule has 3 heteroatoms. The molecule has 0 aliphatic heterocycles. The molecule has 0 aliphatic rings. The Kier molecular flexibility index (Phi) is 3.63. The quantitative estimate of drug-likeness (QED) is 0.845. The van der Waals surface area contributed by atoms with E-state index >= 15 is 0 Å². The monoisotopic (exact) mass is 258 g/mol. The molecule has 0 amide bonds. The number of benzene rings is 2. The number of sulfone groups is 1. The van der Waals surface area contributed by atoms with Crippen LogP contribution in [0.25, 0.3) is 6.08 Å². The molecule has 2 aromatic rings. The zero-order valence-electron chi connectivity index (χ0n) is 10.1. The van der Waals surface area contributed by atoms with Crippen molar-refractivity contribution in [1.29, 1.82) is 0 Å². The lowest BCUT2D eigenvalue weighted by Crippen LogP contribution is -1.95. The average molecular weight is 258 g/mol. The summed E-state index contributed by atoms with van der Waals surface area (Å²) in [6.45, 7) is 1.99.